The van der Waals surface area contributed by atoms with E-state index in [0.29, 0.717) is 0 Å². The van der Waals surface area contributed by atoms with Gasteiger partial charge in [-0.2, -0.15) is 18.7 Å². The summed E-state index contributed by atoms with van der Waals surface area (Å²) >= 11 is 0. The molecule has 0 amide bonds. The van der Waals surface area contributed by atoms with E-state index in [-0.39, 0.29) is 11.7 Å². The van der Waals surface area contributed by atoms with Crippen molar-refractivity contribution in [2.75, 3.05) is 0 Å². The second-order valence-corrected chi connectivity index (χ2v) is 6.26. The van der Waals surface area contributed by atoms with Crippen LogP contribution in [0.2, 0.25) is 0 Å². The van der Waals surface area contributed by atoms with Gasteiger partial charge in [0.15, 0.2) is 24.8 Å². The zero-order valence-electron chi connectivity index (χ0n) is 15.9. The quantitative estimate of drug-likeness (QED) is 0.536. The highest BCUT2D eigenvalue weighted by Gasteiger charge is 2.10. The van der Waals surface area contributed by atoms with E-state index in [4.69, 9.17) is 14.7 Å². The van der Waals surface area contributed by atoms with E-state index in [1.807, 2.05) is 47.3 Å². The van der Waals surface area contributed by atoms with Gasteiger partial charge in [-0.25, -0.2) is 4.79 Å². The van der Waals surface area contributed by atoms with Gasteiger partial charge in [-0.05, 0) is 23.3 Å². The lowest BCUT2D eigenvalue weighted by atomic mass is 10.1. The topological polar surface area (TPSA) is 79.2 Å². The Hall–Kier alpha value is -4.41. The van der Waals surface area contributed by atoms with Gasteiger partial charge in [-0.3, -0.25) is 0 Å². The molecule has 0 saturated carbocycles. The number of carbonyl (C=O) groups is 1. The summed E-state index contributed by atoms with van der Waals surface area (Å²) in [6.07, 6.45) is 8.30. The molecule has 4 rings (SSSR count). The van der Waals surface area contributed by atoms with E-state index in [9.17, 15) is 4.79 Å². The van der Waals surface area contributed by atoms with Crippen molar-refractivity contribution >= 4 is 12.1 Å². The molecule has 2 aromatic heterocycles. The summed E-state index contributed by atoms with van der Waals surface area (Å²) in [5.41, 5.74) is 4.58. The van der Waals surface area contributed by atoms with Gasteiger partial charge in [0.2, 0.25) is 11.4 Å². The number of para-hydroxylation sites is 1. The van der Waals surface area contributed by atoms with Crippen LogP contribution in [0.4, 0.5) is 0 Å². The number of nitrogens with zero attached hydrogens (tertiary/aromatic N) is 2. The SMILES string of the molecule is O=C(O)c1ccc(-[n+]2ccc(-c3cc[n+](-c4ccccc4)cc3)cc2)cc1.O=C=O. The van der Waals surface area contributed by atoms with E-state index in [0.717, 1.165) is 22.5 Å². The van der Waals surface area contributed by atoms with Crippen LogP contribution in [0.5, 0.6) is 0 Å². The number of rotatable bonds is 4. The number of carbonyl (C=O) groups excluding carboxylic acids is 2. The Labute approximate surface area is 172 Å². The molecular weight excluding hydrogens is 380 g/mol. The fourth-order valence-electron chi connectivity index (χ4n) is 2.96. The summed E-state index contributed by atoms with van der Waals surface area (Å²) < 4.78 is 4.04. The van der Waals surface area contributed by atoms with Crippen molar-refractivity contribution in [3.05, 3.63) is 109 Å². The summed E-state index contributed by atoms with van der Waals surface area (Å²) in [4.78, 5) is 27.2. The van der Waals surface area contributed by atoms with Crippen molar-refractivity contribution in [3.8, 4) is 22.5 Å². The molecule has 146 valence electrons. The first kappa shape index (κ1) is 20.3. The molecule has 0 atom stereocenters. The summed E-state index contributed by atoms with van der Waals surface area (Å²) in [6.45, 7) is 0. The van der Waals surface area contributed by atoms with Crippen LogP contribution >= 0.6 is 0 Å². The molecular formula is C24H18N2O4+2. The highest BCUT2D eigenvalue weighted by molar-refractivity contribution is 5.87. The van der Waals surface area contributed by atoms with Crippen molar-refractivity contribution in [2.24, 2.45) is 0 Å². The first-order chi connectivity index (χ1) is 14.6. The van der Waals surface area contributed by atoms with E-state index >= 15 is 0 Å². The van der Waals surface area contributed by atoms with Crippen molar-refractivity contribution in [1.29, 1.82) is 0 Å². The van der Waals surface area contributed by atoms with Gasteiger partial charge >= 0.3 is 12.1 Å². The normalized spacial score (nSPS) is 9.73. The van der Waals surface area contributed by atoms with Gasteiger partial charge in [-0.1, -0.05) is 18.2 Å². The van der Waals surface area contributed by atoms with Crippen LogP contribution in [0, 0.1) is 0 Å². The summed E-state index contributed by atoms with van der Waals surface area (Å²) in [7, 11) is 0. The molecule has 30 heavy (non-hydrogen) atoms. The molecule has 0 aliphatic carbocycles. The molecule has 0 saturated heterocycles. The average Bonchev–Trinajstić information content (AvgIpc) is 2.80. The third-order valence-corrected chi connectivity index (χ3v) is 4.46. The molecule has 0 aliphatic rings. The maximum atomic E-state index is 11.0. The van der Waals surface area contributed by atoms with Gasteiger partial charge < -0.3 is 5.11 Å². The molecule has 2 aromatic carbocycles. The van der Waals surface area contributed by atoms with Gasteiger partial charge in [-0.15, -0.1) is 0 Å². The van der Waals surface area contributed by atoms with Crippen LogP contribution in [-0.2, 0) is 9.59 Å². The smallest absolute Gasteiger partial charge is 0.373 e. The van der Waals surface area contributed by atoms with Crippen LogP contribution < -0.4 is 9.13 Å². The minimum atomic E-state index is -0.918. The third kappa shape index (κ3) is 4.90. The predicted molar refractivity (Wildman–Crippen MR) is 107 cm³/mol. The first-order valence-electron chi connectivity index (χ1n) is 9.04. The van der Waals surface area contributed by atoms with E-state index in [2.05, 4.69) is 41.2 Å². The second kappa shape index (κ2) is 9.68. The molecule has 0 unspecified atom stereocenters. The lowest BCUT2D eigenvalue weighted by Gasteiger charge is -2.01. The molecule has 0 radical (unpaired) electrons. The average molecular weight is 398 g/mol. The second-order valence-electron chi connectivity index (χ2n) is 6.26. The zero-order chi connectivity index (χ0) is 21.3. The van der Waals surface area contributed by atoms with Crippen molar-refractivity contribution < 1.29 is 28.6 Å². The minimum Gasteiger partial charge on any atom is -0.478 e. The number of benzene rings is 2. The van der Waals surface area contributed by atoms with Gasteiger partial charge in [0, 0.05) is 48.5 Å². The highest BCUT2D eigenvalue weighted by atomic mass is 16.4. The predicted octanol–water partition coefficient (Wildman–Crippen LogP) is 3.02. The number of aromatic carboxylic acids is 1. The van der Waals surface area contributed by atoms with Crippen LogP contribution in [0.15, 0.2) is 104 Å². The Morgan fingerprint density at radius 3 is 1.43 bits per heavy atom. The Bertz CT molecular complexity index is 1150. The van der Waals surface area contributed by atoms with Gasteiger partial charge in [0.25, 0.3) is 0 Å². The standard InChI is InChI=1S/C23H17N2O2.CO2/c26-23(27)20-6-8-22(9-7-20)25-16-12-19(13-17-25)18-10-14-24(15-11-18)21-4-2-1-3-5-21;2-1-3/h1-17H;/q+1;/p+1. The van der Waals surface area contributed by atoms with Crippen LogP contribution in [0.25, 0.3) is 22.5 Å². The van der Waals surface area contributed by atoms with E-state index in [1.165, 1.54) is 0 Å². The monoisotopic (exact) mass is 398 g/mol. The number of carboxylic acid groups (broad SMARTS) is 1. The molecule has 6 nitrogen and oxygen atoms in total. The fourth-order valence-corrected chi connectivity index (χ4v) is 2.96. The van der Waals surface area contributed by atoms with E-state index < -0.39 is 5.97 Å². The Morgan fingerprint density at radius 1 is 0.633 bits per heavy atom. The molecule has 0 spiro atoms. The fraction of sp³-hybridized carbons (Fsp3) is 0. The van der Waals surface area contributed by atoms with Crippen molar-refractivity contribution in [1.82, 2.24) is 0 Å². The summed E-state index contributed by atoms with van der Waals surface area (Å²) in [5, 5.41) is 8.99. The van der Waals surface area contributed by atoms with Gasteiger partial charge in [0.05, 0.1) is 5.56 Å². The Morgan fingerprint density at radius 2 is 1.03 bits per heavy atom. The molecule has 2 heterocycles. The molecule has 6 heteroatoms. The maximum Gasteiger partial charge on any atom is 0.373 e. The number of hydrogen-bond acceptors (Lipinski definition) is 3. The largest absolute Gasteiger partial charge is 0.478 e. The minimum absolute atomic E-state index is 0.250. The molecule has 0 fully saturated rings. The highest BCUT2D eigenvalue weighted by Crippen LogP contribution is 2.16. The Kier molecular flexibility index (Phi) is 6.56. The summed E-state index contributed by atoms with van der Waals surface area (Å²) in [5.74, 6) is -0.918. The van der Waals surface area contributed by atoms with Crippen LogP contribution in [0.1, 0.15) is 10.4 Å². The lowest BCUT2D eigenvalue weighted by molar-refractivity contribution is -0.596. The van der Waals surface area contributed by atoms with Gasteiger partial charge in [0.1, 0.15) is 0 Å². The zero-order valence-corrected chi connectivity index (χ0v) is 15.9. The van der Waals surface area contributed by atoms with Crippen molar-refractivity contribution in [2.45, 2.75) is 0 Å². The maximum absolute atomic E-state index is 11.0. The third-order valence-electron chi connectivity index (χ3n) is 4.46. The van der Waals surface area contributed by atoms with E-state index in [1.54, 1.807) is 24.3 Å². The first-order valence-corrected chi connectivity index (χ1v) is 9.04. The summed E-state index contributed by atoms with van der Waals surface area (Å²) in [6, 6.07) is 25.3. The number of aromatic nitrogens is 2. The molecule has 0 aliphatic heterocycles. The number of pyridine rings is 2. The molecule has 0 bridgehead atoms. The van der Waals surface area contributed by atoms with Crippen LogP contribution in [-0.4, -0.2) is 17.2 Å². The van der Waals surface area contributed by atoms with Crippen molar-refractivity contribution in [3.63, 3.8) is 0 Å². The molecule has 1 N–H and O–H groups in total. The lowest BCUT2D eigenvalue weighted by Crippen LogP contribution is -2.29. The molecule has 4 aromatic rings. The van der Waals surface area contributed by atoms with Crippen LogP contribution in [0.3, 0.4) is 0 Å². The number of carboxylic acids is 1. The Balaban J connectivity index is 0.000000806. The number of hydrogen-bond donors (Lipinski definition) is 1.